The Morgan fingerprint density at radius 3 is 2.63 bits per heavy atom. The van der Waals surface area contributed by atoms with Crippen LogP contribution in [0.1, 0.15) is 12.5 Å². The highest BCUT2D eigenvalue weighted by Gasteiger charge is 2.22. The van der Waals surface area contributed by atoms with E-state index in [-0.39, 0.29) is 11.5 Å². The third-order valence-electron chi connectivity index (χ3n) is 4.14. The SMILES string of the molecule is COC(=O)[C@@H](C)Sc1nc2ccccc2c(=O)n1-c1cc(C)ccc1OC. The number of fused-ring (bicyclic) bond motifs is 1. The molecule has 3 aromatic rings. The van der Waals surface area contributed by atoms with Gasteiger partial charge in [-0.1, -0.05) is 30.0 Å². The summed E-state index contributed by atoms with van der Waals surface area (Å²) in [6.07, 6.45) is 0. The van der Waals surface area contributed by atoms with Crippen molar-refractivity contribution in [3.63, 3.8) is 0 Å². The van der Waals surface area contributed by atoms with Gasteiger partial charge in [-0.05, 0) is 43.7 Å². The number of nitrogens with zero attached hydrogens (tertiary/aromatic N) is 2. The molecule has 0 radical (unpaired) electrons. The van der Waals surface area contributed by atoms with Crippen LogP contribution in [0, 0.1) is 6.92 Å². The number of benzene rings is 2. The molecule has 7 heteroatoms. The summed E-state index contributed by atoms with van der Waals surface area (Å²) in [6.45, 7) is 3.65. The van der Waals surface area contributed by atoms with Gasteiger partial charge in [-0.25, -0.2) is 4.98 Å². The molecule has 140 valence electrons. The lowest BCUT2D eigenvalue weighted by molar-refractivity contribution is -0.139. The molecule has 0 aliphatic heterocycles. The smallest absolute Gasteiger partial charge is 0.318 e. The molecule has 1 heterocycles. The maximum absolute atomic E-state index is 13.3. The van der Waals surface area contributed by atoms with Gasteiger partial charge >= 0.3 is 5.97 Å². The minimum atomic E-state index is -0.523. The van der Waals surface area contributed by atoms with Crippen LogP contribution < -0.4 is 10.3 Å². The van der Waals surface area contributed by atoms with Crippen LogP contribution in [-0.2, 0) is 9.53 Å². The Morgan fingerprint density at radius 2 is 1.93 bits per heavy atom. The van der Waals surface area contributed by atoms with E-state index in [2.05, 4.69) is 4.98 Å². The van der Waals surface area contributed by atoms with E-state index in [1.807, 2.05) is 31.2 Å². The second-order valence-corrected chi connectivity index (χ2v) is 7.32. The average molecular weight is 384 g/mol. The van der Waals surface area contributed by atoms with E-state index in [1.165, 1.54) is 23.4 Å². The molecule has 0 fully saturated rings. The molecule has 3 rings (SSSR count). The summed E-state index contributed by atoms with van der Waals surface area (Å²) in [4.78, 5) is 29.8. The fourth-order valence-electron chi connectivity index (χ4n) is 2.75. The van der Waals surface area contributed by atoms with Crippen LogP contribution >= 0.6 is 11.8 Å². The Hall–Kier alpha value is -2.80. The molecular weight excluding hydrogens is 364 g/mol. The van der Waals surface area contributed by atoms with Crippen LogP contribution in [0.15, 0.2) is 52.4 Å². The monoisotopic (exact) mass is 384 g/mol. The van der Waals surface area contributed by atoms with Crippen molar-refractivity contribution < 1.29 is 14.3 Å². The highest BCUT2D eigenvalue weighted by atomic mass is 32.2. The van der Waals surface area contributed by atoms with Crippen molar-refractivity contribution >= 4 is 28.6 Å². The molecule has 6 nitrogen and oxygen atoms in total. The van der Waals surface area contributed by atoms with Crippen LogP contribution in [0.25, 0.3) is 16.6 Å². The second kappa shape index (κ2) is 7.84. The van der Waals surface area contributed by atoms with Crippen molar-refractivity contribution in [2.24, 2.45) is 0 Å². The first-order valence-electron chi connectivity index (χ1n) is 8.37. The molecule has 0 N–H and O–H groups in total. The topological polar surface area (TPSA) is 70.4 Å². The van der Waals surface area contributed by atoms with Gasteiger partial charge in [0.15, 0.2) is 5.16 Å². The summed E-state index contributed by atoms with van der Waals surface area (Å²) in [5.41, 5.74) is 1.91. The molecule has 0 aliphatic carbocycles. The van der Waals surface area contributed by atoms with Gasteiger partial charge in [0.2, 0.25) is 0 Å². The van der Waals surface area contributed by atoms with E-state index in [9.17, 15) is 9.59 Å². The molecule has 0 aliphatic rings. The zero-order chi connectivity index (χ0) is 19.6. The molecule has 0 unspecified atom stereocenters. The number of hydrogen-bond donors (Lipinski definition) is 0. The van der Waals surface area contributed by atoms with Crippen molar-refractivity contribution in [3.05, 3.63) is 58.4 Å². The van der Waals surface area contributed by atoms with Crippen molar-refractivity contribution in [1.82, 2.24) is 9.55 Å². The predicted molar refractivity (Wildman–Crippen MR) is 106 cm³/mol. The van der Waals surface area contributed by atoms with E-state index < -0.39 is 5.25 Å². The highest BCUT2D eigenvalue weighted by Crippen LogP contribution is 2.30. The maximum atomic E-state index is 13.3. The van der Waals surface area contributed by atoms with Gasteiger partial charge in [0.25, 0.3) is 5.56 Å². The molecule has 0 saturated carbocycles. The summed E-state index contributed by atoms with van der Waals surface area (Å²) in [7, 11) is 2.89. The van der Waals surface area contributed by atoms with Crippen molar-refractivity contribution in [2.75, 3.05) is 14.2 Å². The summed E-state index contributed by atoms with van der Waals surface area (Å²) in [6, 6.07) is 12.7. The molecule has 0 spiro atoms. The van der Waals surface area contributed by atoms with Gasteiger partial charge in [-0.15, -0.1) is 0 Å². The summed E-state index contributed by atoms with van der Waals surface area (Å²) in [5.74, 6) is 0.164. The minimum Gasteiger partial charge on any atom is -0.495 e. The fourth-order valence-corrected chi connectivity index (χ4v) is 3.70. The third kappa shape index (κ3) is 3.68. The van der Waals surface area contributed by atoms with Crippen LogP contribution in [-0.4, -0.2) is 35.0 Å². The quantitative estimate of drug-likeness (QED) is 0.382. The Kier molecular flexibility index (Phi) is 5.51. The van der Waals surface area contributed by atoms with Crippen LogP contribution in [0.3, 0.4) is 0 Å². The molecule has 0 bridgehead atoms. The number of ether oxygens (including phenoxy) is 2. The Labute approximate surface area is 161 Å². The lowest BCUT2D eigenvalue weighted by Crippen LogP contribution is -2.24. The number of aromatic nitrogens is 2. The van der Waals surface area contributed by atoms with Crippen LogP contribution in [0.5, 0.6) is 5.75 Å². The third-order valence-corrected chi connectivity index (χ3v) is 5.17. The largest absolute Gasteiger partial charge is 0.495 e. The maximum Gasteiger partial charge on any atom is 0.318 e. The number of esters is 1. The molecule has 0 amide bonds. The number of rotatable bonds is 5. The Morgan fingerprint density at radius 1 is 1.19 bits per heavy atom. The van der Waals surface area contributed by atoms with Gasteiger partial charge in [-0.3, -0.25) is 14.2 Å². The molecule has 0 saturated heterocycles. The second-order valence-electron chi connectivity index (χ2n) is 6.01. The molecule has 1 atom stereocenters. The van der Waals surface area contributed by atoms with Gasteiger partial charge in [-0.2, -0.15) is 0 Å². The summed E-state index contributed by atoms with van der Waals surface area (Å²) in [5, 5.41) is 0.377. The van der Waals surface area contributed by atoms with Crippen LogP contribution in [0.2, 0.25) is 0 Å². The van der Waals surface area contributed by atoms with E-state index in [4.69, 9.17) is 9.47 Å². The molecule has 1 aromatic heterocycles. The van der Waals surface area contributed by atoms with E-state index in [0.29, 0.717) is 27.5 Å². The standard InChI is InChI=1S/C20H20N2O4S/c1-12-9-10-17(25-3)16(11-12)22-18(23)14-7-5-6-8-15(14)21-20(22)27-13(2)19(24)26-4/h5-11,13H,1-4H3/t13-/m1/s1. The Balaban J connectivity index is 2.31. The van der Waals surface area contributed by atoms with Crippen molar-refractivity contribution in [3.8, 4) is 11.4 Å². The normalized spacial score (nSPS) is 12.0. The first-order chi connectivity index (χ1) is 13.0. The lowest BCUT2D eigenvalue weighted by Gasteiger charge is -2.17. The van der Waals surface area contributed by atoms with Crippen LogP contribution in [0.4, 0.5) is 0 Å². The number of hydrogen-bond acceptors (Lipinski definition) is 6. The zero-order valence-corrected chi connectivity index (χ0v) is 16.4. The number of carbonyl (C=O) groups is 1. The average Bonchev–Trinajstić information content (AvgIpc) is 2.67. The van der Waals surface area contributed by atoms with Crippen molar-refractivity contribution in [2.45, 2.75) is 24.3 Å². The highest BCUT2D eigenvalue weighted by molar-refractivity contribution is 8.00. The number of methoxy groups -OCH3 is 2. The summed E-state index contributed by atoms with van der Waals surface area (Å²) >= 11 is 1.17. The van der Waals surface area contributed by atoms with E-state index >= 15 is 0 Å². The van der Waals surface area contributed by atoms with E-state index in [0.717, 1.165) is 5.56 Å². The first kappa shape index (κ1) is 19.0. The first-order valence-corrected chi connectivity index (χ1v) is 9.25. The van der Waals surface area contributed by atoms with Gasteiger partial charge in [0, 0.05) is 0 Å². The molecular formula is C20H20N2O4S. The van der Waals surface area contributed by atoms with Crippen molar-refractivity contribution in [1.29, 1.82) is 0 Å². The number of para-hydroxylation sites is 1. The van der Waals surface area contributed by atoms with Gasteiger partial charge in [0.05, 0.1) is 30.8 Å². The summed E-state index contributed by atoms with van der Waals surface area (Å²) < 4.78 is 11.8. The molecule has 27 heavy (non-hydrogen) atoms. The number of thioether (sulfide) groups is 1. The van der Waals surface area contributed by atoms with E-state index in [1.54, 1.807) is 32.2 Å². The number of carbonyl (C=O) groups excluding carboxylic acids is 1. The predicted octanol–water partition coefficient (Wildman–Crippen LogP) is 3.36. The van der Waals surface area contributed by atoms with Gasteiger partial charge in [0.1, 0.15) is 11.0 Å². The lowest BCUT2D eigenvalue weighted by atomic mass is 10.2. The number of aryl methyl sites for hydroxylation is 1. The fraction of sp³-hybridized carbons (Fsp3) is 0.250. The van der Waals surface area contributed by atoms with Gasteiger partial charge < -0.3 is 9.47 Å². The Bertz CT molecular complexity index is 1060. The minimum absolute atomic E-state index is 0.218. The zero-order valence-electron chi connectivity index (χ0n) is 15.6. The molecule has 2 aromatic carbocycles.